The molecule has 6 heteroatoms. The molecule has 2 heterocycles. The third kappa shape index (κ3) is 3.94. The van der Waals surface area contributed by atoms with Gasteiger partial charge in [0.2, 0.25) is 0 Å². The van der Waals surface area contributed by atoms with Gasteiger partial charge in [0.25, 0.3) is 0 Å². The molecule has 1 aliphatic heterocycles. The number of ether oxygens (including phenoxy) is 1. The summed E-state index contributed by atoms with van der Waals surface area (Å²) in [6.07, 6.45) is 3.02. The number of hydrogen-bond acceptors (Lipinski definition) is 4. The van der Waals surface area contributed by atoms with Crippen LogP contribution in [0.5, 0.6) is 0 Å². The molecule has 0 aliphatic carbocycles. The zero-order valence-corrected chi connectivity index (χ0v) is 14.2. The van der Waals surface area contributed by atoms with Crippen molar-refractivity contribution in [3.63, 3.8) is 0 Å². The van der Waals surface area contributed by atoms with E-state index in [2.05, 4.69) is 21.4 Å². The van der Waals surface area contributed by atoms with Crippen molar-refractivity contribution in [1.29, 1.82) is 0 Å². The van der Waals surface area contributed by atoms with Crippen LogP contribution in [-0.2, 0) is 17.8 Å². The highest BCUT2D eigenvalue weighted by atomic mass is 19.1. The van der Waals surface area contributed by atoms with Gasteiger partial charge in [-0.2, -0.15) is 0 Å². The topological polar surface area (TPSA) is 50.5 Å². The summed E-state index contributed by atoms with van der Waals surface area (Å²) in [7, 11) is 0. The predicted molar refractivity (Wildman–Crippen MR) is 91.3 cm³/mol. The van der Waals surface area contributed by atoms with Crippen molar-refractivity contribution in [3.05, 3.63) is 29.8 Å². The molecule has 3 rings (SSSR count). The van der Waals surface area contributed by atoms with Gasteiger partial charge < -0.3 is 14.4 Å². The van der Waals surface area contributed by atoms with Crippen LogP contribution < -0.4 is 0 Å². The lowest BCUT2D eigenvalue weighted by Gasteiger charge is -2.31. The number of hydrogen-bond donors (Lipinski definition) is 1. The maximum atomic E-state index is 13.4. The van der Waals surface area contributed by atoms with Gasteiger partial charge in [0, 0.05) is 38.9 Å². The highest BCUT2D eigenvalue weighted by molar-refractivity contribution is 5.76. The molecule has 1 aromatic carbocycles. The summed E-state index contributed by atoms with van der Waals surface area (Å²) in [6.45, 7) is 6.49. The summed E-state index contributed by atoms with van der Waals surface area (Å²) in [5, 5.41) is 8.81. The van der Waals surface area contributed by atoms with E-state index in [1.807, 2.05) is 6.07 Å². The Bertz CT molecular complexity index is 666. The van der Waals surface area contributed by atoms with Crippen molar-refractivity contribution in [2.75, 3.05) is 26.3 Å². The van der Waals surface area contributed by atoms with Gasteiger partial charge in [-0.05, 0) is 38.3 Å². The minimum absolute atomic E-state index is 0.187. The Hall–Kier alpha value is -1.50. The first-order valence-corrected chi connectivity index (χ1v) is 8.80. The van der Waals surface area contributed by atoms with Crippen molar-refractivity contribution in [1.82, 2.24) is 14.5 Å². The molecule has 0 saturated carbocycles. The molecule has 0 amide bonds. The van der Waals surface area contributed by atoms with Crippen LogP contribution in [0.4, 0.5) is 4.39 Å². The minimum Gasteiger partial charge on any atom is -0.396 e. The van der Waals surface area contributed by atoms with E-state index in [9.17, 15) is 4.39 Å². The number of fused-ring (bicyclic) bond motifs is 1. The largest absolute Gasteiger partial charge is 0.396 e. The summed E-state index contributed by atoms with van der Waals surface area (Å²) in [5.41, 5.74) is 1.73. The highest BCUT2D eigenvalue weighted by Crippen LogP contribution is 2.21. The molecule has 1 aromatic heterocycles. The smallest absolute Gasteiger partial charge is 0.125 e. The molecule has 132 valence electrons. The first-order chi connectivity index (χ1) is 11.7. The van der Waals surface area contributed by atoms with E-state index in [1.165, 1.54) is 12.1 Å². The molecular formula is C18H26FN3O2. The third-order valence-corrected chi connectivity index (χ3v) is 4.66. The number of nitrogens with zero attached hydrogens (tertiary/aromatic N) is 3. The van der Waals surface area contributed by atoms with Crippen LogP contribution in [-0.4, -0.2) is 52.0 Å². The zero-order valence-electron chi connectivity index (χ0n) is 14.2. The third-order valence-electron chi connectivity index (χ3n) is 4.66. The fourth-order valence-electron chi connectivity index (χ4n) is 3.37. The van der Waals surface area contributed by atoms with Gasteiger partial charge in [-0.1, -0.05) is 0 Å². The summed E-state index contributed by atoms with van der Waals surface area (Å²) >= 11 is 0. The molecule has 1 N–H and O–H groups in total. The van der Waals surface area contributed by atoms with Gasteiger partial charge in [0.05, 0.1) is 23.7 Å². The van der Waals surface area contributed by atoms with Crippen LogP contribution in [0.25, 0.3) is 11.0 Å². The maximum absolute atomic E-state index is 13.4. The van der Waals surface area contributed by atoms with Crippen LogP contribution in [0, 0.1) is 5.82 Å². The molecule has 1 aliphatic rings. The van der Waals surface area contributed by atoms with Crippen molar-refractivity contribution < 1.29 is 14.2 Å². The molecule has 0 unspecified atom stereocenters. The fraction of sp³-hybridized carbons (Fsp3) is 0.611. The monoisotopic (exact) mass is 335 g/mol. The average molecular weight is 335 g/mol. The second kappa shape index (κ2) is 8.05. The molecule has 24 heavy (non-hydrogen) atoms. The Morgan fingerprint density at radius 3 is 2.83 bits per heavy atom. The van der Waals surface area contributed by atoms with Gasteiger partial charge in [-0.25, -0.2) is 9.37 Å². The van der Waals surface area contributed by atoms with Crippen molar-refractivity contribution in [3.8, 4) is 0 Å². The number of aromatic nitrogens is 2. The Kier molecular flexibility index (Phi) is 5.81. The Morgan fingerprint density at radius 1 is 1.33 bits per heavy atom. The number of aliphatic hydroxyl groups excluding tert-OH is 1. The minimum atomic E-state index is -0.240. The summed E-state index contributed by atoms with van der Waals surface area (Å²) in [4.78, 5) is 7.02. The molecule has 1 fully saturated rings. The molecule has 0 atom stereocenters. The fourth-order valence-corrected chi connectivity index (χ4v) is 3.37. The van der Waals surface area contributed by atoms with E-state index in [0.717, 1.165) is 55.9 Å². The Morgan fingerprint density at radius 2 is 2.12 bits per heavy atom. The van der Waals surface area contributed by atoms with E-state index in [-0.39, 0.29) is 12.4 Å². The number of benzene rings is 1. The Labute approximate surface area is 142 Å². The van der Waals surface area contributed by atoms with Gasteiger partial charge in [0.1, 0.15) is 11.6 Å². The standard InChI is InChI=1S/C18H26FN3O2/c1-2-22-17-5-4-14(19)12-16(17)20-18(22)13-21-8-6-15(7-9-21)24-11-3-10-23/h4-5,12,15,23H,2-3,6-11,13H2,1H3. The normalized spacial score (nSPS) is 17.0. The summed E-state index contributed by atoms with van der Waals surface area (Å²) in [6, 6.07) is 4.81. The van der Waals surface area contributed by atoms with Crippen molar-refractivity contribution >= 4 is 11.0 Å². The lowest BCUT2D eigenvalue weighted by atomic mass is 10.1. The second-order valence-corrected chi connectivity index (χ2v) is 6.33. The van der Waals surface area contributed by atoms with Crippen LogP contribution in [0.2, 0.25) is 0 Å². The van der Waals surface area contributed by atoms with Gasteiger partial charge in [-0.15, -0.1) is 0 Å². The molecule has 0 radical (unpaired) electrons. The van der Waals surface area contributed by atoms with E-state index >= 15 is 0 Å². The molecule has 2 aromatic rings. The van der Waals surface area contributed by atoms with E-state index in [4.69, 9.17) is 9.84 Å². The van der Waals surface area contributed by atoms with E-state index in [1.54, 1.807) is 0 Å². The molecule has 0 bridgehead atoms. The second-order valence-electron chi connectivity index (χ2n) is 6.33. The maximum Gasteiger partial charge on any atom is 0.125 e. The zero-order chi connectivity index (χ0) is 16.9. The highest BCUT2D eigenvalue weighted by Gasteiger charge is 2.21. The number of piperidine rings is 1. The van der Waals surface area contributed by atoms with E-state index in [0.29, 0.717) is 19.1 Å². The Balaban J connectivity index is 1.62. The SMILES string of the molecule is CCn1c(CN2CCC(OCCCO)CC2)nc2cc(F)ccc21. The number of rotatable bonds is 7. The molecule has 0 spiro atoms. The van der Waals surface area contributed by atoms with Gasteiger partial charge in [-0.3, -0.25) is 4.90 Å². The van der Waals surface area contributed by atoms with Crippen LogP contribution in [0.3, 0.4) is 0 Å². The first kappa shape index (κ1) is 17.3. The average Bonchev–Trinajstić information content (AvgIpc) is 2.92. The number of aryl methyl sites for hydroxylation is 1. The van der Waals surface area contributed by atoms with Crippen LogP contribution in [0.15, 0.2) is 18.2 Å². The predicted octanol–water partition coefficient (Wildman–Crippen LogP) is 2.56. The number of halogens is 1. The number of likely N-dealkylation sites (tertiary alicyclic amines) is 1. The number of imidazole rings is 1. The van der Waals surface area contributed by atoms with Crippen molar-refractivity contribution in [2.24, 2.45) is 0 Å². The number of aliphatic hydroxyl groups is 1. The summed E-state index contributed by atoms with van der Waals surface area (Å²) < 4.78 is 21.4. The summed E-state index contributed by atoms with van der Waals surface area (Å²) in [5.74, 6) is 0.758. The lowest BCUT2D eigenvalue weighted by Crippen LogP contribution is -2.37. The first-order valence-electron chi connectivity index (χ1n) is 8.80. The quantitative estimate of drug-likeness (QED) is 0.790. The molecule has 1 saturated heterocycles. The lowest BCUT2D eigenvalue weighted by molar-refractivity contribution is 0.000208. The van der Waals surface area contributed by atoms with Crippen LogP contribution in [0.1, 0.15) is 32.0 Å². The van der Waals surface area contributed by atoms with Crippen LogP contribution >= 0.6 is 0 Å². The molecule has 5 nitrogen and oxygen atoms in total. The van der Waals surface area contributed by atoms with Crippen molar-refractivity contribution in [2.45, 2.75) is 45.4 Å². The van der Waals surface area contributed by atoms with E-state index < -0.39 is 0 Å². The van der Waals surface area contributed by atoms with Gasteiger partial charge in [0.15, 0.2) is 0 Å². The molecular weight excluding hydrogens is 309 g/mol. The van der Waals surface area contributed by atoms with Gasteiger partial charge >= 0.3 is 0 Å².